The summed E-state index contributed by atoms with van der Waals surface area (Å²) in [5.41, 5.74) is -1.19. The molecule has 0 spiro atoms. The highest BCUT2D eigenvalue weighted by Crippen LogP contribution is 2.22. The molecule has 0 saturated carbocycles. The van der Waals surface area contributed by atoms with Crippen LogP contribution in [-0.2, 0) is 9.53 Å². The third-order valence-electron chi connectivity index (χ3n) is 3.14. The number of rotatable bonds is 4. The molecule has 21 heavy (non-hydrogen) atoms. The third-order valence-corrected chi connectivity index (χ3v) is 3.14. The molecule has 1 aromatic carbocycles. The molecule has 2 rings (SSSR count). The van der Waals surface area contributed by atoms with Gasteiger partial charge in [-0.2, -0.15) is 0 Å². The number of ether oxygens (including phenoxy) is 1. The van der Waals surface area contributed by atoms with Crippen LogP contribution in [0.15, 0.2) is 24.3 Å². The van der Waals surface area contributed by atoms with E-state index in [1.54, 1.807) is 25.1 Å². The van der Waals surface area contributed by atoms with Crippen molar-refractivity contribution in [2.45, 2.75) is 19.0 Å². The lowest BCUT2D eigenvalue weighted by molar-refractivity contribution is -0.126. The Bertz CT molecular complexity index is 519. The monoisotopic (exact) mass is 316 g/mol. The SMILES string of the molecule is CCOC(=O)c1cccc(NC(=O)C2(F)CCNC2)c1.Cl. The number of nitrogens with one attached hydrogen (secondary N) is 2. The Morgan fingerprint density at radius 3 is 2.86 bits per heavy atom. The second kappa shape index (κ2) is 7.38. The van der Waals surface area contributed by atoms with Crippen molar-refractivity contribution in [3.63, 3.8) is 0 Å². The molecule has 1 fully saturated rings. The summed E-state index contributed by atoms with van der Waals surface area (Å²) in [5.74, 6) is -1.16. The smallest absolute Gasteiger partial charge is 0.338 e. The summed E-state index contributed by atoms with van der Waals surface area (Å²) in [4.78, 5) is 23.5. The summed E-state index contributed by atoms with van der Waals surface area (Å²) in [6, 6.07) is 6.27. The van der Waals surface area contributed by atoms with Gasteiger partial charge >= 0.3 is 5.97 Å². The molecular weight excluding hydrogens is 299 g/mol. The predicted molar refractivity (Wildman–Crippen MR) is 79.6 cm³/mol. The molecule has 0 aromatic heterocycles. The van der Waals surface area contributed by atoms with Crippen molar-refractivity contribution in [3.8, 4) is 0 Å². The van der Waals surface area contributed by atoms with E-state index < -0.39 is 17.5 Å². The van der Waals surface area contributed by atoms with E-state index in [0.717, 1.165) is 0 Å². The van der Waals surface area contributed by atoms with Gasteiger partial charge in [-0.05, 0) is 31.7 Å². The molecule has 1 heterocycles. The first-order chi connectivity index (χ1) is 9.55. The summed E-state index contributed by atoms with van der Waals surface area (Å²) in [5, 5.41) is 5.32. The van der Waals surface area contributed by atoms with Crippen LogP contribution < -0.4 is 10.6 Å². The first-order valence-corrected chi connectivity index (χ1v) is 6.53. The number of carbonyl (C=O) groups is 2. The van der Waals surface area contributed by atoms with Gasteiger partial charge in [0.1, 0.15) is 0 Å². The maximum atomic E-state index is 14.2. The minimum atomic E-state index is -1.89. The van der Waals surface area contributed by atoms with E-state index in [-0.39, 0.29) is 32.0 Å². The van der Waals surface area contributed by atoms with Crippen LogP contribution >= 0.6 is 12.4 Å². The molecule has 1 amide bonds. The van der Waals surface area contributed by atoms with Crippen molar-refractivity contribution in [1.29, 1.82) is 0 Å². The minimum Gasteiger partial charge on any atom is -0.462 e. The first-order valence-electron chi connectivity index (χ1n) is 6.53. The number of amides is 1. The second-order valence-corrected chi connectivity index (χ2v) is 4.65. The predicted octanol–water partition coefficient (Wildman–Crippen LogP) is 1.93. The average molecular weight is 317 g/mol. The Labute approximate surface area is 128 Å². The molecule has 7 heteroatoms. The van der Waals surface area contributed by atoms with Gasteiger partial charge in [0.05, 0.1) is 12.2 Å². The molecule has 1 aliphatic rings. The van der Waals surface area contributed by atoms with Crippen molar-refractivity contribution in [1.82, 2.24) is 5.32 Å². The van der Waals surface area contributed by atoms with Crippen molar-refractivity contribution in [2.75, 3.05) is 25.0 Å². The summed E-state index contributed by atoms with van der Waals surface area (Å²) in [6.45, 7) is 2.47. The van der Waals surface area contributed by atoms with Gasteiger partial charge in [-0.3, -0.25) is 4.79 Å². The van der Waals surface area contributed by atoms with Crippen molar-refractivity contribution in [2.24, 2.45) is 0 Å². The fourth-order valence-corrected chi connectivity index (χ4v) is 2.04. The molecule has 5 nitrogen and oxygen atoms in total. The highest BCUT2D eigenvalue weighted by atomic mass is 35.5. The summed E-state index contributed by atoms with van der Waals surface area (Å²) >= 11 is 0. The van der Waals surface area contributed by atoms with Crippen LogP contribution in [-0.4, -0.2) is 37.2 Å². The second-order valence-electron chi connectivity index (χ2n) is 4.65. The average Bonchev–Trinajstić information content (AvgIpc) is 2.88. The number of hydrogen-bond acceptors (Lipinski definition) is 4. The molecule has 2 N–H and O–H groups in total. The topological polar surface area (TPSA) is 67.4 Å². The van der Waals surface area contributed by atoms with Gasteiger partial charge in [-0.1, -0.05) is 6.07 Å². The van der Waals surface area contributed by atoms with Crippen LogP contribution in [0.4, 0.5) is 10.1 Å². The number of benzene rings is 1. The maximum absolute atomic E-state index is 14.2. The van der Waals surface area contributed by atoms with E-state index in [4.69, 9.17) is 4.74 Å². The van der Waals surface area contributed by atoms with E-state index in [9.17, 15) is 14.0 Å². The zero-order valence-electron chi connectivity index (χ0n) is 11.6. The van der Waals surface area contributed by atoms with Crippen LogP contribution in [0.1, 0.15) is 23.7 Å². The van der Waals surface area contributed by atoms with Crippen LogP contribution in [0.2, 0.25) is 0 Å². The number of anilines is 1. The van der Waals surface area contributed by atoms with E-state index in [2.05, 4.69) is 10.6 Å². The standard InChI is InChI=1S/C14H17FN2O3.ClH/c1-2-20-12(18)10-4-3-5-11(8-10)17-13(19)14(15)6-7-16-9-14;/h3-5,8,16H,2,6-7,9H2,1H3,(H,17,19);1H. The maximum Gasteiger partial charge on any atom is 0.338 e. The van der Waals surface area contributed by atoms with E-state index in [1.165, 1.54) is 6.07 Å². The lowest BCUT2D eigenvalue weighted by atomic mass is 10.0. The van der Waals surface area contributed by atoms with Crippen LogP contribution in [0.5, 0.6) is 0 Å². The van der Waals surface area contributed by atoms with Gasteiger partial charge in [0.15, 0.2) is 0 Å². The van der Waals surface area contributed by atoms with E-state index in [1.807, 2.05) is 0 Å². The Kier molecular flexibility index (Phi) is 6.11. The Morgan fingerprint density at radius 2 is 2.24 bits per heavy atom. The molecule has 0 aliphatic carbocycles. The van der Waals surface area contributed by atoms with Crippen LogP contribution in [0.3, 0.4) is 0 Å². The molecule has 1 aromatic rings. The van der Waals surface area contributed by atoms with Gasteiger partial charge in [-0.25, -0.2) is 9.18 Å². The van der Waals surface area contributed by atoms with Gasteiger partial charge in [-0.15, -0.1) is 12.4 Å². The molecule has 1 saturated heterocycles. The fraction of sp³-hybridized carbons (Fsp3) is 0.429. The van der Waals surface area contributed by atoms with Crippen LogP contribution in [0, 0.1) is 0 Å². The lowest BCUT2D eigenvalue weighted by Crippen LogP contribution is -2.40. The Hall–Kier alpha value is -1.66. The fourth-order valence-electron chi connectivity index (χ4n) is 2.04. The molecular formula is C14H18ClFN2O3. The van der Waals surface area contributed by atoms with Gasteiger partial charge < -0.3 is 15.4 Å². The van der Waals surface area contributed by atoms with E-state index >= 15 is 0 Å². The highest BCUT2D eigenvalue weighted by molar-refractivity contribution is 5.99. The molecule has 0 radical (unpaired) electrons. The van der Waals surface area contributed by atoms with Crippen molar-refractivity contribution >= 4 is 30.0 Å². The zero-order valence-corrected chi connectivity index (χ0v) is 12.5. The summed E-state index contributed by atoms with van der Waals surface area (Å²) in [7, 11) is 0. The molecule has 116 valence electrons. The first kappa shape index (κ1) is 17.4. The number of hydrogen-bond donors (Lipinski definition) is 2. The zero-order chi connectivity index (χ0) is 14.6. The van der Waals surface area contributed by atoms with Gasteiger partial charge in [0, 0.05) is 18.7 Å². The molecule has 1 atom stereocenters. The largest absolute Gasteiger partial charge is 0.462 e. The summed E-state index contributed by atoms with van der Waals surface area (Å²) < 4.78 is 19.1. The number of esters is 1. The summed E-state index contributed by atoms with van der Waals surface area (Å²) in [6.07, 6.45) is 0.149. The Morgan fingerprint density at radius 1 is 1.48 bits per heavy atom. The van der Waals surface area contributed by atoms with Crippen molar-refractivity contribution in [3.05, 3.63) is 29.8 Å². The minimum absolute atomic E-state index is 0. The number of carbonyl (C=O) groups excluding carboxylic acids is 2. The number of halogens is 2. The molecule has 1 unspecified atom stereocenters. The molecule has 0 bridgehead atoms. The Balaban J connectivity index is 0.00000220. The quantitative estimate of drug-likeness (QED) is 0.833. The normalized spacial score (nSPS) is 20.5. The number of alkyl halides is 1. The van der Waals surface area contributed by atoms with Gasteiger partial charge in [0.2, 0.25) is 5.67 Å². The van der Waals surface area contributed by atoms with Gasteiger partial charge in [0.25, 0.3) is 5.91 Å². The van der Waals surface area contributed by atoms with E-state index in [0.29, 0.717) is 17.8 Å². The third kappa shape index (κ3) is 4.15. The van der Waals surface area contributed by atoms with Crippen molar-refractivity contribution < 1.29 is 18.7 Å². The van der Waals surface area contributed by atoms with Crippen LogP contribution in [0.25, 0.3) is 0 Å². The molecule has 1 aliphatic heterocycles. The lowest BCUT2D eigenvalue weighted by Gasteiger charge is -2.17. The highest BCUT2D eigenvalue weighted by Gasteiger charge is 2.41.